The number of rotatable bonds is 5. The lowest BCUT2D eigenvalue weighted by atomic mass is 10.1. The Morgan fingerprint density at radius 1 is 1.14 bits per heavy atom. The van der Waals surface area contributed by atoms with E-state index in [2.05, 4.69) is 26.6 Å². The van der Waals surface area contributed by atoms with Crippen LogP contribution in [0.2, 0.25) is 0 Å². The summed E-state index contributed by atoms with van der Waals surface area (Å²) in [6, 6.07) is 12.6. The lowest BCUT2D eigenvalue weighted by Crippen LogP contribution is -2.23. The fourth-order valence-corrected chi connectivity index (χ4v) is 2.32. The second-order valence-electron chi connectivity index (χ2n) is 4.77. The minimum absolute atomic E-state index is 0.0415. The van der Waals surface area contributed by atoms with Crippen molar-refractivity contribution in [2.75, 3.05) is 17.2 Å². The Bertz CT molecular complexity index is 699. The molecule has 2 aromatic carbocycles. The first-order chi connectivity index (χ1) is 10.5. The first-order valence-corrected chi connectivity index (χ1v) is 7.45. The van der Waals surface area contributed by atoms with E-state index in [1.165, 1.54) is 0 Å². The molecule has 2 rings (SSSR count). The number of amides is 2. The standard InChI is InChI=1S/C16H16BrN3O2/c1-10-3-2-4-13(15(10)16(18)22)19-9-14(21)20-12-7-5-11(17)6-8-12/h2-8,19H,9H2,1H3,(H2,18,22)(H,20,21). The number of carbonyl (C=O) groups excluding carboxylic acids is 2. The Hall–Kier alpha value is -2.34. The molecule has 0 saturated carbocycles. The molecule has 2 aromatic rings. The van der Waals surface area contributed by atoms with Gasteiger partial charge in [-0.1, -0.05) is 28.1 Å². The van der Waals surface area contributed by atoms with Gasteiger partial charge in [0.05, 0.1) is 12.1 Å². The highest BCUT2D eigenvalue weighted by atomic mass is 79.9. The molecule has 0 aliphatic heterocycles. The van der Waals surface area contributed by atoms with E-state index in [-0.39, 0.29) is 12.5 Å². The number of hydrogen-bond acceptors (Lipinski definition) is 3. The van der Waals surface area contributed by atoms with Crippen molar-refractivity contribution in [3.8, 4) is 0 Å². The van der Waals surface area contributed by atoms with Crippen molar-refractivity contribution in [1.29, 1.82) is 0 Å². The van der Waals surface area contributed by atoms with Gasteiger partial charge in [-0.05, 0) is 42.8 Å². The summed E-state index contributed by atoms with van der Waals surface area (Å²) < 4.78 is 0.939. The fraction of sp³-hybridized carbons (Fsp3) is 0.125. The van der Waals surface area contributed by atoms with Gasteiger partial charge in [-0.15, -0.1) is 0 Å². The van der Waals surface area contributed by atoms with Crippen LogP contribution in [0.5, 0.6) is 0 Å². The Labute approximate surface area is 137 Å². The normalized spacial score (nSPS) is 10.1. The molecule has 0 fully saturated rings. The minimum atomic E-state index is -0.520. The third-order valence-electron chi connectivity index (χ3n) is 3.09. The van der Waals surface area contributed by atoms with Gasteiger partial charge in [-0.2, -0.15) is 0 Å². The van der Waals surface area contributed by atoms with Crippen molar-refractivity contribution >= 4 is 39.1 Å². The molecule has 5 nitrogen and oxygen atoms in total. The van der Waals surface area contributed by atoms with Crippen LogP contribution in [-0.2, 0) is 4.79 Å². The van der Waals surface area contributed by atoms with Gasteiger partial charge in [0.25, 0.3) is 5.91 Å². The summed E-state index contributed by atoms with van der Waals surface area (Å²) in [5, 5.41) is 5.71. The summed E-state index contributed by atoms with van der Waals surface area (Å²) in [5.74, 6) is -0.729. The number of benzene rings is 2. The van der Waals surface area contributed by atoms with E-state index in [0.29, 0.717) is 16.9 Å². The molecule has 0 atom stereocenters. The van der Waals surface area contributed by atoms with E-state index in [9.17, 15) is 9.59 Å². The molecule has 0 aromatic heterocycles. The first-order valence-electron chi connectivity index (χ1n) is 6.66. The molecule has 0 unspecified atom stereocenters. The molecule has 0 aliphatic carbocycles. The molecule has 0 bridgehead atoms. The van der Waals surface area contributed by atoms with Crippen molar-refractivity contribution in [2.45, 2.75) is 6.92 Å². The maximum absolute atomic E-state index is 11.9. The fourth-order valence-electron chi connectivity index (χ4n) is 2.06. The van der Waals surface area contributed by atoms with Crippen LogP contribution in [0, 0.1) is 6.92 Å². The summed E-state index contributed by atoms with van der Waals surface area (Å²) in [7, 11) is 0. The molecule has 114 valence electrons. The van der Waals surface area contributed by atoms with Gasteiger partial charge in [0, 0.05) is 15.8 Å². The average molecular weight is 362 g/mol. The number of aryl methyl sites for hydroxylation is 1. The quantitative estimate of drug-likeness (QED) is 0.765. The van der Waals surface area contributed by atoms with Crippen LogP contribution in [0.4, 0.5) is 11.4 Å². The smallest absolute Gasteiger partial charge is 0.251 e. The van der Waals surface area contributed by atoms with Crippen LogP contribution in [0.3, 0.4) is 0 Å². The molecule has 0 radical (unpaired) electrons. The lowest BCUT2D eigenvalue weighted by Gasteiger charge is -2.12. The maximum Gasteiger partial charge on any atom is 0.251 e. The highest BCUT2D eigenvalue weighted by molar-refractivity contribution is 9.10. The SMILES string of the molecule is Cc1cccc(NCC(=O)Nc2ccc(Br)cc2)c1C(N)=O. The number of anilines is 2. The Morgan fingerprint density at radius 3 is 2.45 bits per heavy atom. The third kappa shape index (κ3) is 4.08. The van der Waals surface area contributed by atoms with Gasteiger partial charge in [-0.25, -0.2) is 0 Å². The van der Waals surface area contributed by atoms with E-state index < -0.39 is 5.91 Å². The molecular weight excluding hydrogens is 346 g/mol. The van der Waals surface area contributed by atoms with E-state index in [4.69, 9.17) is 5.73 Å². The number of halogens is 1. The summed E-state index contributed by atoms with van der Waals surface area (Å²) in [6.45, 7) is 1.84. The van der Waals surface area contributed by atoms with E-state index in [1.807, 2.05) is 12.1 Å². The molecule has 6 heteroatoms. The highest BCUT2D eigenvalue weighted by Crippen LogP contribution is 2.19. The maximum atomic E-state index is 11.9. The summed E-state index contributed by atoms with van der Waals surface area (Å²) >= 11 is 3.33. The molecule has 0 heterocycles. The Balaban J connectivity index is 2.01. The van der Waals surface area contributed by atoms with Gasteiger partial charge in [-0.3, -0.25) is 9.59 Å². The van der Waals surface area contributed by atoms with Crippen LogP contribution in [-0.4, -0.2) is 18.4 Å². The average Bonchev–Trinajstić information content (AvgIpc) is 2.47. The summed E-state index contributed by atoms with van der Waals surface area (Å²) in [5.41, 5.74) is 7.80. The Morgan fingerprint density at radius 2 is 1.82 bits per heavy atom. The zero-order valence-corrected chi connectivity index (χ0v) is 13.6. The predicted molar refractivity (Wildman–Crippen MR) is 91.0 cm³/mol. The van der Waals surface area contributed by atoms with Crippen molar-refractivity contribution < 1.29 is 9.59 Å². The van der Waals surface area contributed by atoms with Crippen LogP contribution in [0.1, 0.15) is 15.9 Å². The van der Waals surface area contributed by atoms with Crippen LogP contribution in [0.15, 0.2) is 46.9 Å². The van der Waals surface area contributed by atoms with Crippen molar-refractivity contribution in [3.63, 3.8) is 0 Å². The largest absolute Gasteiger partial charge is 0.375 e. The molecule has 0 spiro atoms. The van der Waals surface area contributed by atoms with Crippen LogP contribution in [0.25, 0.3) is 0 Å². The number of nitrogens with two attached hydrogens (primary N) is 1. The van der Waals surface area contributed by atoms with Gasteiger partial charge in [0.1, 0.15) is 0 Å². The number of nitrogens with one attached hydrogen (secondary N) is 2. The minimum Gasteiger partial charge on any atom is -0.375 e. The van der Waals surface area contributed by atoms with Crippen molar-refractivity contribution in [1.82, 2.24) is 0 Å². The molecular formula is C16H16BrN3O2. The second-order valence-corrected chi connectivity index (χ2v) is 5.69. The van der Waals surface area contributed by atoms with E-state index in [1.54, 1.807) is 37.3 Å². The number of primary amides is 1. The summed E-state index contributed by atoms with van der Waals surface area (Å²) in [4.78, 5) is 23.4. The molecule has 0 aliphatic rings. The third-order valence-corrected chi connectivity index (χ3v) is 3.62. The highest BCUT2D eigenvalue weighted by Gasteiger charge is 2.11. The van der Waals surface area contributed by atoms with Gasteiger partial charge >= 0.3 is 0 Å². The van der Waals surface area contributed by atoms with E-state index >= 15 is 0 Å². The van der Waals surface area contributed by atoms with Crippen molar-refractivity contribution in [2.24, 2.45) is 5.73 Å². The molecule has 2 amide bonds. The lowest BCUT2D eigenvalue weighted by molar-refractivity contribution is -0.114. The van der Waals surface area contributed by atoms with Gasteiger partial charge < -0.3 is 16.4 Å². The number of carbonyl (C=O) groups is 2. The van der Waals surface area contributed by atoms with Gasteiger partial charge in [0.2, 0.25) is 5.91 Å². The second kappa shape index (κ2) is 7.09. The van der Waals surface area contributed by atoms with Crippen molar-refractivity contribution in [3.05, 3.63) is 58.1 Å². The molecule has 22 heavy (non-hydrogen) atoms. The first kappa shape index (κ1) is 16.0. The number of hydrogen-bond donors (Lipinski definition) is 3. The zero-order chi connectivity index (χ0) is 16.1. The van der Waals surface area contributed by atoms with Gasteiger partial charge in [0.15, 0.2) is 0 Å². The van der Waals surface area contributed by atoms with Crippen LogP contribution < -0.4 is 16.4 Å². The molecule has 4 N–H and O–H groups in total. The molecule has 0 saturated heterocycles. The topological polar surface area (TPSA) is 84.2 Å². The van der Waals surface area contributed by atoms with E-state index in [0.717, 1.165) is 10.0 Å². The monoisotopic (exact) mass is 361 g/mol. The summed E-state index contributed by atoms with van der Waals surface area (Å²) in [6.07, 6.45) is 0. The predicted octanol–water partition coefficient (Wildman–Crippen LogP) is 2.91. The zero-order valence-electron chi connectivity index (χ0n) is 12.0. The Kier molecular flexibility index (Phi) is 5.16. The van der Waals surface area contributed by atoms with Crippen LogP contribution >= 0.6 is 15.9 Å².